The molecule has 2 amide bonds. The van der Waals surface area contributed by atoms with Crippen LogP contribution < -0.4 is 10.8 Å². The van der Waals surface area contributed by atoms with E-state index >= 15 is 0 Å². The van der Waals surface area contributed by atoms with E-state index in [1.165, 1.54) is 31.2 Å². The molecule has 7 nitrogen and oxygen atoms in total. The highest BCUT2D eigenvalue weighted by atomic mass is 16.5. The Bertz CT molecular complexity index is 347. The molecule has 0 spiro atoms. The average molecular weight is 316 g/mol. The van der Waals surface area contributed by atoms with Crippen LogP contribution >= 0.6 is 0 Å². The van der Waals surface area contributed by atoms with E-state index in [4.69, 9.17) is 10.3 Å². The van der Waals surface area contributed by atoms with Gasteiger partial charge in [0.15, 0.2) is 0 Å². The molecule has 0 aromatic heterocycles. The van der Waals surface area contributed by atoms with Crippen LogP contribution in [0.5, 0.6) is 0 Å². The number of hydrogen-bond donors (Lipinski definition) is 4. The number of hydroxylamine groups is 1. The third-order valence-electron chi connectivity index (χ3n) is 3.42. The van der Waals surface area contributed by atoms with Gasteiger partial charge in [0.2, 0.25) is 5.91 Å². The van der Waals surface area contributed by atoms with Crippen molar-refractivity contribution in [3.63, 3.8) is 0 Å². The van der Waals surface area contributed by atoms with E-state index in [1.807, 2.05) is 0 Å². The van der Waals surface area contributed by atoms with Crippen molar-refractivity contribution < 1.29 is 24.7 Å². The molecular weight excluding hydrogens is 288 g/mol. The summed E-state index contributed by atoms with van der Waals surface area (Å²) in [5.41, 5.74) is 1.44. The predicted octanol–water partition coefficient (Wildman–Crippen LogP) is 1.98. The number of aliphatic carboxylic acids is 1. The van der Waals surface area contributed by atoms with Crippen LogP contribution in [0.3, 0.4) is 0 Å². The molecule has 0 aliphatic rings. The van der Waals surface area contributed by atoms with E-state index < -0.39 is 17.9 Å². The van der Waals surface area contributed by atoms with Crippen molar-refractivity contribution in [2.24, 2.45) is 0 Å². The maximum absolute atomic E-state index is 11.7. The van der Waals surface area contributed by atoms with Gasteiger partial charge in [0.25, 0.3) is 5.91 Å². The lowest BCUT2D eigenvalue weighted by atomic mass is 10.1. The SMILES string of the molecule is CCCCCCCCCC(=O)NC(CCC(=O)O)C(=O)NO. The fraction of sp³-hybridized carbons (Fsp3) is 0.800. The molecule has 0 saturated carbocycles. The summed E-state index contributed by atoms with van der Waals surface area (Å²) in [4.78, 5) is 33.6. The number of carbonyl (C=O) groups is 3. The summed E-state index contributed by atoms with van der Waals surface area (Å²) < 4.78 is 0. The first-order valence-corrected chi connectivity index (χ1v) is 7.96. The molecule has 0 aliphatic carbocycles. The van der Waals surface area contributed by atoms with Crippen LogP contribution in [0.4, 0.5) is 0 Å². The number of carboxylic acids is 1. The van der Waals surface area contributed by atoms with E-state index in [1.54, 1.807) is 0 Å². The number of amides is 2. The molecule has 0 saturated heterocycles. The van der Waals surface area contributed by atoms with E-state index in [2.05, 4.69) is 12.2 Å². The largest absolute Gasteiger partial charge is 0.481 e. The molecule has 0 radical (unpaired) electrons. The molecule has 0 fully saturated rings. The van der Waals surface area contributed by atoms with Gasteiger partial charge in [-0.1, -0.05) is 45.4 Å². The van der Waals surface area contributed by atoms with Gasteiger partial charge in [0.05, 0.1) is 0 Å². The summed E-state index contributed by atoms with van der Waals surface area (Å²) in [5, 5.41) is 19.7. The van der Waals surface area contributed by atoms with Crippen molar-refractivity contribution in [1.29, 1.82) is 0 Å². The lowest BCUT2D eigenvalue weighted by Crippen LogP contribution is -2.46. The standard InChI is InChI=1S/C15H28N2O5/c1-2-3-4-5-6-7-8-9-13(18)16-12(15(21)17-22)10-11-14(19)20/h12,22H,2-11H2,1H3,(H,16,18)(H,17,21)(H,19,20). The zero-order valence-electron chi connectivity index (χ0n) is 13.3. The van der Waals surface area contributed by atoms with Gasteiger partial charge in [0.1, 0.15) is 6.04 Å². The summed E-state index contributed by atoms with van der Waals surface area (Å²) in [5.74, 6) is -2.15. The number of hydrogen-bond acceptors (Lipinski definition) is 4. The van der Waals surface area contributed by atoms with Crippen molar-refractivity contribution in [3.8, 4) is 0 Å². The molecule has 1 unspecified atom stereocenters. The average Bonchev–Trinajstić information content (AvgIpc) is 2.49. The minimum absolute atomic E-state index is 0.0511. The number of rotatable bonds is 13. The Kier molecular flexibility index (Phi) is 12.1. The van der Waals surface area contributed by atoms with Gasteiger partial charge in [-0.05, 0) is 12.8 Å². The Morgan fingerprint density at radius 1 is 0.955 bits per heavy atom. The first kappa shape index (κ1) is 20.4. The van der Waals surface area contributed by atoms with E-state index in [0.717, 1.165) is 19.3 Å². The molecule has 0 bridgehead atoms. The van der Waals surface area contributed by atoms with Gasteiger partial charge in [-0.3, -0.25) is 19.6 Å². The third-order valence-corrected chi connectivity index (χ3v) is 3.42. The van der Waals surface area contributed by atoms with Gasteiger partial charge >= 0.3 is 5.97 Å². The number of nitrogens with one attached hydrogen (secondary N) is 2. The maximum Gasteiger partial charge on any atom is 0.303 e. The summed E-state index contributed by atoms with van der Waals surface area (Å²) >= 11 is 0. The summed E-state index contributed by atoms with van der Waals surface area (Å²) in [6, 6.07) is -1.02. The molecule has 0 heterocycles. The van der Waals surface area contributed by atoms with Gasteiger partial charge in [-0.25, -0.2) is 5.48 Å². The summed E-state index contributed by atoms with van der Waals surface area (Å²) in [6.45, 7) is 2.16. The third kappa shape index (κ3) is 11.1. The number of unbranched alkanes of at least 4 members (excludes halogenated alkanes) is 6. The zero-order chi connectivity index (χ0) is 16.8. The van der Waals surface area contributed by atoms with E-state index in [-0.39, 0.29) is 18.7 Å². The molecule has 0 aliphatic heterocycles. The van der Waals surface area contributed by atoms with Crippen LogP contribution in [-0.4, -0.2) is 34.1 Å². The molecule has 0 aromatic rings. The fourth-order valence-corrected chi connectivity index (χ4v) is 2.12. The lowest BCUT2D eigenvalue weighted by Gasteiger charge is -2.15. The number of carbonyl (C=O) groups excluding carboxylic acids is 2. The van der Waals surface area contributed by atoms with Crippen molar-refractivity contribution in [1.82, 2.24) is 10.8 Å². The highest BCUT2D eigenvalue weighted by molar-refractivity contribution is 5.87. The Morgan fingerprint density at radius 3 is 2.09 bits per heavy atom. The van der Waals surface area contributed by atoms with Gasteiger partial charge in [-0.2, -0.15) is 0 Å². The van der Waals surface area contributed by atoms with E-state index in [0.29, 0.717) is 6.42 Å². The van der Waals surface area contributed by atoms with Crippen LogP contribution in [0.15, 0.2) is 0 Å². The quantitative estimate of drug-likeness (QED) is 0.235. The molecular formula is C15H28N2O5. The fourth-order valence-electron chi connectivity index (χ4n) is 2.12. The molecule has 0 rings (SSSR count). The minimum Gasteiger partial charge on any atom is -0.481 e. The Morgan fingerprint density at radius 2 is 1.55 bits per heavy atom. The summed E-state index contributed by atoms with van der Waals surface area (Å²) in [7, 11) is 0. The summed E-state index contributed by atoms with van der Waals surface area (Å²) in [6.07, 6.45) is 7.62. The van der Waals surface area contributed by atoms with Crippen molar-refractivity contribution in [3.05, 3.63) is 0 Å². The van der Waals surface area contributed by atoms with Gasteiger partial charge in [-0.15, -0.1) is 0 Å². The first-order chi connectivity index (χ1) is 10.5. The van der Waals surface area contributed by atoms with Crippen LogP contribution in [0.1, 0.15) is 71.1 Å². The van der Waals surface area contributed by atoms with Crippen LogP contribution in [0.2, 0.25) is 0 Å². The maximum atomic E-state index is 11.7. The van der Waals surface area contributed by atoms with E-state index in [9.17, 15) is 14.4 Å². The zero-order valence-corrected chi connectivity index (χ0v) is 13.3. The molecule has 4 N–H and O–H groups in total. The first-order valence-electron chi connectivity index (χ1n) is 7.96. The molecule has 7 heteroatoms. The van der Waals surface area contributed by atoms with Crippen LogP contribution in [-0.2, 0) is 14.4 Å². The lowest BCUT2D eigenvalue weighted by molar-refractivity contribution is -0.139. The second-order valence-electron chi connectivity index (χ2n) is 5.40. The molecule has 1 atom stereocenters. The van der Waals surface area contributed by atoms with Crippen LogP contribution in [0.25, 0.3) is 0 Å². The van der Waals surface area contributed by atoms with Gasteiger partial charge in [0, 0.05) is 12.8 Å². The van der Waals surface area contributed by atoms with Crippen molar-refractivity contribution in [2.75, 3.05) is 0 Å². The second-order valence-corrected chi connectivity index (χ2v) is 5.40. The second kappa shape index (κ2) is 13.1. The Hall–Kier alpha value is -1.63. The smallest absolute Gasteiger partial charge is 0.303 e. The molecule has 0 aromatic carbocycles. The topological polar surface area (TPSA) is 116 Å². The minimum atomic E-state index is -1.06. The predicted molar refractivity (Wildman–Crippen MR) is 81.3 cm³/mol. The Labute approximate surface area is 131 Å². The van der Waals surface area contributed by atoms with Gasteiger partial charge < -0.3 is 10.4 Å². The number of carboxylic acid groups (broad SMARTS) is 1. The highest BCUT2D eigenvalue weighted by Gasteiger charge is 2.20. The monoisotopic (exact) mass is 316 g/mol. The van der Waals surface area contributed by atoms with Crippen molar-refractivity contribution >= 4 is 17.8 Å². The highest BCUT2D eigenvalue weighted by Crippen LogP contribution is 2.08. The normalized spacial score (nSPS) is 11.7. The van der Waals surface area contributed by atoms with Crippen LogP contribution in [0, 0.1) is 0 Å². The Balaban J connectivity index is 3.92. The molecule has 22 heavy (non-hydrogen) atoms. The van der Waals surface area contributed by atoms with Crippen molar-refractivity contribution in [2.45, 2.75) is 77.2 Å². The molecule has 128 valence electrons.